The molecule has 0 saturated heterocycles. The first kappa shape index (κ1) is 20.4. The number of amides is 3. The van der Waals surface area contributed by atoms with Crippen LogP contribution in [0.4, 0.5) is 10.6 Å². The van der Waals surface area contributed by atoms with Gasteiger partial charge in [-0.25, -0.2) is 9.78 Å². The summed E-state index contributed by atoms with van der Waals surface area (Å²) in [6, 6.07) is 2.73. The van der Waals surface area contributed by atoms with Gasteiger partial charge in [0.15, 0.2) is 0 Å². The summed E-state index contributed by atoms with van der Waals surface area (Å²) in [6.45, 7) is 8.45. The summed E-state index contributed by atoms with van der Waals surface area (Å²) in [5.74, 6) is -0.359. The van der Waals surface area contributed by atoms with E-state index in [0.717, 1.165) is 5.56 Å². The molecule has 1 unspecified atom stereocenters. The van der Waals surface area contributed by atoms with Gasteiger partial charge in [0, 0.05) is 13.2 Å². The van der Waals surface area contributed by atoms with Crippen molar-refractivity contribution in [3.8, 4) is 0 Å². The van der Waals surface area contributed by atoms with Crippen molar-refractivity contribution in [1.29, 1.82) is 0 Å². The molecule has 0 aliphatic carbocycles. The molecule has 3 amide bonds. The molecule has 8 nitrogen and oxygen atoms in total. The lowest BCUT2D eigenvalue weighted by molar-refractivity contribution is -0.134. The van der Waals surface area contributed by atoms with Gasteiger partial charge >= 0.3 is 6.09 Å². The third kappa shape index (κ3) is 7.65. The molecule has 0 aliphatic heterocycles. The summed E-state index contributed by atoms with van der Waals surface area (Å²) in [7, 11) is 1.48. The lowest BCUT2D eigenvalue weighted by atomic mass is 10.2. The van der Waals surface area contributed by atoms with Gasteiger partial charge in [-0.2, -0.15) is 0 Å². The fraction of sp³-hybridized carbons (Fsp3) is 0.529. The zero-order valence-corrected chi connectivity index (χ0v) is 15.5. The van der Waals surface area contributed by atoms with Crippen LogP contribution in [0, 0.1) is 6.92 Å². The maximum absolute atomic E-state index is 12.2. The van der Waals surface area contributed by atoms with E-state index in [2.05, 4.69) is 15.6 Å². The summed E-state index contributed by atoms with van der Waals surface area (Å²) in [5.41, 5.74) is 0.310. The summed E-state index contributed by atoms with van der Waals surface area (Å²) in [6.07, 6.45) is 0.905. The number of carbonyl (C=O) groups excluding carboxylic acids is 3. The molecule has 0 fully saturated rings. The van der Waals surface area contributed by atoms with Gasteiger partial charge in [-0.3, -0.25) is 9.59 Å². The quantitative estimate of drug-likeness (QED) is 0.842. The van der Waals surface area contributed by atoms with Crippen LogP contribution in [0.5, 0.6) is 0 Å². The zero-order chi connectivity index (χ0) is 19.2. The van der Waals surface area contributed by atoms with Crippen molar-refractivity contribution < 1.29 is 19.1 Å². The molecule has 8 heteroatoms. The topological polar surface area (TPSA) is 101 Å². The molecular weight excluding hydrogens is 324 g/mol. The molecule has 0 bridgehead atoms. The number of aromatic nitrogens is 1. The number of rotatable bonds is 5. The standard InChI is InChI=1S/C17H26N4O4/c1-11-7-8-18-13(9-11)20-14(22)10-21(6)15(23)12(2)19-16(24)25-17(3,4)5/h7-9,12H,10H2,1-6H3,(H,19,24)(H,18,20,22). The highest BCUT2D eigenvalue weighted by Gasteiger charge is 2.24. The van der Waals surface area contributed by atoms with Crippen molar-refractivity contribution in [2.75, 3.05) is 18.9 Å². The summed E-state index contributed by atoms with van der Waals surface area (Å²) in [4.78, 5) is 41.2. The molecule has 2 N–H and O–H groups in total. The number of alkyl carbamates (subject to hydrolysis) is 1. The largest absolute Gasteiger partial charge is 0.444 e. The lowest BCUT2D eigenvalue weighted by Crippen LogP contribution is -2.48. The number of carbonyl (C=O) groups is 3. The second-order valence-corrected chi connectivity index (χ2v) is 6.83. The van der Waals surface area contributed by atoms with E-state index in [4.69, 9.17) is 4.74 Å². The van der Waals surface area contributed by atoms with E-state index >= 15 is 0 Å². The number of anilines is 1. The molecule has 138 valence electrons. The van der Waals surface area contributed by atoms with Crippen LogP contribution in [0.15, 0.2) is 18.3 Å². The smallest absolute Gasteiger partial charge is 0.408 e. The Balaban J connectivity index is 2.52. The van der Waals surface area contributed by atoms with Gasteiger partial charge < -0.3 is 20.3 Å². The first-order chi connectivity index (χ1) is 11.5. The second-order valence-electron chi connectivity index (χ2n) is 6.83. The van der Waals surface area contributed by atoms with Crippen molar-refractivity contribution in [3.63, 3.8) is 0 Å². The lowest BCUT2D eigenvalue weighted by Gasteiger charge is -2.24. The Kier molecular flexibility index (Phi) is 6.90. The highest BCUT2D eigenvalue weighted by molar-refractivity contribution is 5.95. The third-order valence-corrected chi connectivity index (χ3v) is 3.04. The first-order valence-corrected chi connectivity index (χ1v) is 7.95. The van der Waals surface area contributed by atoms with E-state index in [1.807, 2.05) is 13.0 Å². The fourth-order valence-electron chi connectivity index (χ4n) is 1.96. The summed E-state index contributed by atoms with van der Waals surface area (Å²) in [5, 5.41) is 5.07. The Hall–Kier alpha value is -2.64. The van der Waals surface area contributed by atoms with E-state index < -0.39 is 23.6 Å². The first-order valence-electron chi connectivity index (χ1n) is 7.95. The monoisotopic (exact) mass is 350 g/mol. The Morgan fingerprint density at radius 2 is 1.96 bits per heavy atom. The zero-order valence-electron chi connectivity index (χ0n) is 15.5. The average Bonchev–Trinajstić information content (AvgIpc) is 2.43. The molecule has 1 heterocycles. The second kappa shape index (κ2) is 8.46. The molecule has 0 spiro atoms. The number of nitrogens with zero attached hydrogens (tertiary/aromatic N) is 2. The predicted molar refractivity (Wildman–Crippen MR) is 94.1 cm³/mol. The number of hydrogen-bond donors (Lipinski definition) is 2. The van der Waals surface area contributed by atoms with Crippen LogP contribution in [-0.2, 0) is 14.3 Å². The van der Waals surface area contributed by atoms with Crippen LogP contribution in [-0.4, -0.2) is 53.0 Å². The van der Waals surface area contributed by atoms with Gasteiger partial charge in [-0.05, 0) is 52.3 Å². The van der Waals surface area contributed by atoms with Gasteiger partial charge in [0.05, 0.1) is 6.54 Å². The van der Waals surface area contributed by atoms with Crippen molar-refractivity contribution in [3.05, 3.63) is 23.9 Å². The van der Waals surface area contributed by atoms with Crippen LogP contribution in [0.3, 0.4) is 0 Å². The van der Waals surface area contributed by atoms with Crippen LogP contribution >= 0.6 is 0 Å². The highest BCUT2D eigenvalue weighted by Crippen LogP contribution is 2.07. The highest BCUT2D eigenvalue weighted by atomic mass is 16.6. The van der Waals surface area contributed by atoms with Crippen molar-refractivity contribution >= 4 is 23.7 Å². The Morgan fingerprint density at radius 3 is 2.52 bits per heavy atom. The molecule has 0 aliphatic rings. The molecule has 1 atom stereocenters. The molecule has 1 aromatic heterocycles. The van der Waals surface area contributed by atoms with E-state index in [1.165, 1.54) is 18.9 Å². The third-order valence-electron chi connectivity index (χ3n) is 3.04. The molecule has 25 heavy (non-hydrogen) atoms. The van der Waals surface area contributed by atoms with Crippen LogP contribution in [0.25, 0.3) is 0 Å². The molecule has 1 aromatic rings. The number of ether oxygens (including phenoxy) is 1. The van der Waals surface area contributed by atoms with Crippen molar-refractivity contribution in [2.24, 2.45) is 0 Å². The SMILES string of the molecule is Cc1ccnc(NC(=O)CN(C)C(=O)C(C)NC(=O)OC(C)(C)C)c1. The van der Waals surface area contributed by atoms with Crippen LogP contribution in [0.1, 0.15) is 33.3 Å². The number of pyridine rings is 1. The number of aryl methyl sites for hydroxylation is 1. The number of likely N-dealkylation sites (N-methyl/N-ethyl adjacent to an activating group) is 1. The minimum Gasteiger partial charge on any atom is -0.444 e. The van der Waals surface area contributed by atoms with Gasteiger partial charge in [-0.1, -0.05) is 0 Å². The summed E-state index contributed by atoms with van der Waals surface area (Å²) < 4.78 is 5.10. The van der Waals surface area contributed by atoms with Gasteiger partial charge in [0.2, 0.25) is 11.8 Å². The Labute approximate surface area is 147 Å². The maximum atomic E-state index is 12.2. The minimum atomic E-state index is -0.815. The van der Waals surface area contributed by atoms with Crippen molar-refractivity contribution in [2.45, 2.75) is 46.3 Å². The summed E-state index contributed by atoms with van der Waals surface area (Å²) >= 11 is 0. The van der Waals surface area contributed by atoms with Gasteiger partial charge in [-0.15, -0.1) is 0 Å². The molecule has 1 rings (SSSR count). The number of hydrogen-bond acceptors (Lipinski definition) is 5. The van der Waals surface area contributed by atoms with E-state index in [9.17, 15) is 14.4 Å². The van der Waals surface area contributed by atoms with Crippen LogP contribution in [0.2, 0.25) is 0 Å². The minimum absolute atomic E-state index is 0.158. The van der Waals surface area contributed by atoms with Crippen LogP contribution < -0.4 is 10.6 Å². The maximum Gasteiger partial charge on any atom is 0.408 e. The van der Waals surface area contributed by atoms with Gasteiger partial charge in [0.25, 0.3) is 0 Å². The molecule has 0 aromatic carbocycles. The Bertz CT molecular complexity index is 640. The Morgan fingerprint density at radius 1 is 1.32 bits per heavy atom. The molecule has 0 radical (unpaired) electrons. The number of nitrogens with one attached hydrogen (secondary N) is 2. The predicted octanol–water partition coefficient (Wildman–Crippen LogP) is 1.70. The fourth-order valence-corrected chi connectivity index (χ4v) is 1.96. The van der Waals surface area contributed by atoms with E-state index in [1.54, 1.807) is 33.0 Å². The molecule has 0 saturated carbocycles. The normalized spacial score (nSPS) is 12.1. The van der Waals surface area contributed by atoms with Gasteiger partial charge in [0.1, 0.15) is 17.5 Å². The van der Waals surface area contributed by atoms with Crippen molar-refractivity contribution in [1.82, 2.24) is 15.2 Å². The van der Waals surface area contributed by atoms with E-state index in [-0.39, 0.29) is 12.5 Å². The average molecular weight is 350 g/mol. The molecular formula is C17H26N4O4. The van der Waals surface area contributed by atoms with E-state index in [0.29, 0.717) is 5.82 Å².